The molecule has 18 heavy (non-hydrogen) atoms. The Balaban J connectivity index is 2.18. The molecular weight excluding hydrogens is 228 g/mol. The molecule has 2 rings (SSSR count). The molecule has 0 spiro atoms. The third-order valence-electron chi connectivity index (χ3n) is 3.44. The van der Waals surface area contributed by atoms with E-state index in [1.54, 1.807) is 0 Å². The summed E-state index contributed by atoms with van der Waals surface area (Å²) in [6, 6.07) is 10.5. The van der Waals surface area contributed by atoms with Gasteiger partial charge in [0, 0.05) is 24.8 Å². The van der Waals surface area contributed by atoms with Crippen molar-refractivity contribution in [3.05, 3.63) is 30.3 Å². The number of carboxylic acid groups (broad SMARTS) is 1. The van der Waals surface area contributed by atoms with E-state index in [0.717, 1.165) is 25.2 Å². The van der Waals surface area contributed by atoms with E-state index in [1.165, 1.54) is 0 Å². The molecule has 1 saturated heterocycles. The van der Waals surface area contributed by atoms with Crippen LogP contribution in [0.3, 0.4) is 0 Å². The average Bonchev–Trinajstić information content (AvgIpc) is 2.53. The number of aliphatic carboxylic acids is 1. The molecule has 0 amide bonds. The molecule has 1 aromatic rings. The Hall–Kier alpha value is -1.55. The Labute approximate surface area is 108 Å². The van der Waals surface area contributed by atoms with Crippen LogP contribution in [0.15, 0.2) is 30.3 Å². The van der Waals surface area contributed by atoms with Crippen LogP contribution in [0.4, 0.5) is 5.69 Å². The molecule has 1 heterocycles. The molecule has 1 aliphatic rings. The summed E-state index contributed by atoms with van der Waals surface area (Å²) in [5, 5.41) is 12.4. The van der Waals surface area contributed by atoms with E-state index in [2.05, 4.69) is 17.1 Å². The first kappa shape index (κ1) is 12.9. The summed E-state index contributed by atoms with van der Waals surface area (Å²) in [6.45, 7) is 3.77. The van der Waals surface area contributed by atoms with Crippen LogP contribution in [0, 0.1) is 0 Å². The van der Waals surface area contributed by atoms with Gasteiger partial charge in [0.05, 0.1) is 12.5 Å². The molecule has 2 unspecified atom stereocenters. The third kappa shape index (κ3) is 3.23. The zero-order valence-corrected chi connectivity index (χ0v) is 10.7. The number of nitrogens with zero attached hydrogens (tertiary/aromatic N) is 1. The largest absolute Gasteiger partial charge is 0.481 e. The molecule has 2 atom stereocenters. The van der Waals surface area contributed by atoms with Crippen molar-refractivity contribution in [3.8, 4) is 0 Å². The summed E-state index contributed by atoms with van der Waals surface area (Å²) in [6.07, 6.45) is 1.21. The first-order chi connectivity index (χ1) is 8.66. The van der Waals surface area contributed by atoms with Gasteiger partial charge in [-0.15, -0.1) is 0 Å². The van der Waals surface area contributed by atoms with Crippen molar-refractivity contribution in [2.24, 2.45) is 0 Å². The molecule has 1 aliphatic heterocycles. The van der Waals surface area contributed by atoms with Gasteiger partial charge in [0.15, 0.2) is 0 Å². The second-order valence-electron chi connectivity index (χ2n) is 4.88. The molecule has 4 heteroatoms. The molecule has 1 aromatic carbocycles. The maximum absolute atomic E-state index is 11.0. The SMILES string of the molecule is CC1CCN(c2ccccc2)C(CC(=O)O)CN1. The fourth-order valence-electron chi connectivity index (χ4n) is 2.41. The monoisotopic (exact) mass is 248 g/mol. The van der Waals surface area contributed by atoms with Gasteiger partial charge in [0.1, 0.15) is 0 Å². The number of rotatable bonds is 3. The summed E-state index contributed by atoms with van der Waals surface area (Å²) in [4.78, 5) is 13.2. The van der Waals surface area contributed by atoms with Gasteiger partial charge >= 0.3 is 5.97 Å². The van der Waals surface area contributed by atoms with Gasteiger partial charge in [-0.2, -0.15) is 0 Å². The van der Waals surface area contributed by atoms with Crippen LogP contribution in [0.2, 0.25) is 0 Å². The number of benzene rings is 1. The summed E-state index contributed by atoms with van der Waals surface area (Å²) in [5.74, 6) is -0.739. The van der Waals surface area contributed by atoms with Crippen LogP contribution in [-0.2, 0) is 4.79 Å². The number of nitrogens with one attached hydrogen (secondary N) is 1. The lowest BCUT2D eigenvalue weighted by atomic mass is 10.1. The van der Waals surface area contributed by atoms with Crippen molar-refractivity contribution in [3.63, 3.8) is 0 Å². The summed E-state index contributed by atoms with van der Waals surface area (Å²) in [7, 11) is 0. The Bertz CT molecular complexity index is 394. The lowest BCUT2D eigenvalue weighted by molar-refractivity contribution is -0.137. The minimum absolute atomic E-state index is 0.0230. The zero-order valence-electron chi connectivity index (χ0n) is 10.7. The van der Waals surface area contributed by atoms with Crippen LogP contribution in [0.25, 0.3) is 0 Å². The van der Waals surface area contributed by atoms with E-state index < -0.39 is 5.97 Å². The Morgan fingerprint density at radius 2 is 2.17 bits per heavy atom. The molecule has 98 valence electrons. The highest BCUT2D eigenvalue weighted by Gasteiger charge is 2.25. The Morgan fingerprint density at radius 3 is 2.83 bits per heavy atom. The highest BCUT2D eigenvalue weighted by molar-refractivity contribution is 5.68. The van der Waals surface area contributed by atoms with Crippen LogP contribution in [0.5, 0.6) is 0 Å². The van der Waals surface area contributed by atoms with Gasteiger partial charge in [-0.3, -0.25) is 4.79 Å². The number of anilines is 1. The van der Waals surface area contributed by atoms with E-state index in [0.29, 0.717) is 6.04 Å². The molecule has 0 radical (unpaired) electrons. The van der Waals surface area contributed by atoms with Gasteiger partial charge in [0.25, 0.3) is 0 Å². The predicted octanol–water partition coefficient (Wildman–Crippen LogP) is 1.72. The van der Waals surface area contributed by atoms with E-state index >= 15 is 0 Å². The van der Waals surface area contributed by atoms with Gasteiger partial charge in [0.2, 0.25) is 0 Å². The predicted molar refractivity (Wildman–Crippen MR) is 71.9 cm³/mol. The first-order valence-electron chi connectivity index (χ1n) is 6.43. The van der Waals surface area contributed by atoms with Crippen molar-refractivity contribution < 1.29 is 9.90 Å². The van der Waals surface area contributed by atoms with E-state index in [4.69, 9.17) is 5.11 Å². The summed E-state index contributed by atoms with van der Waals surface area (Å²) >= 11 is 0. The topological polar surface area (TPSA) is 52.6 Å². The quantitative estimate of drug-likeness (QED) is 0.855. The number of hydrogen-bond donors (Lipinski definition) is 2. The fourth-order valence-corrected chi connectivity index (χ4v) is 2.41. The highest BCUT2D eigenvalue weighted by Crippen LogP contribution is 2.20. The Morgan fingerprint density at radius 1 is 1.44 bits per heavy atom. The van der Waals surface area contributed by atoms with Crippen LogP contribution in [0.1, 0.15) is 19.8 Å². The van der Waals surface area contributed by atoms with E-state index in [1.807, 2.05) is 30.3 Å². The molecule has 0 saturated carbocycles. The fraction of sp³-hybridized carbons (Fsp3) is 0.500. The third-order valence-corrected chi connectivity index (χ3v) is 3.44. The minimum Gasteiger partial charge on any atom is -0.481 e. The molecule has 0 aromatic heterocycles. The van der Waals surface area contributed by atoms with Crippen molar-refractivity contribution in [2.75, 3.05) is 18.0 Å². The zero-order chi connectivity index (χ0) is 13.0. The lowest BCUT2D eigenvalue weighted by Crippen LogP contribution is -2.41. The minimum atomic E-state index is -0.739. The van der Waals surface area contributed by atoms with Crippen molar-refractivity contribution in [1.82, 2.24) is 5.32 Å². The standard InChI is InChI=1S/C14H20N2O2/c1-11-7-8-16(12-5-3-2-4-6-12)13(10-15-11)9-14(17)18/h2-6,11,13,15H,7-10H2,1H3,(H,17,18). The first-order valence-corrected chi connectivity index (χ1v) is 6.43. The number of hydrogen-bond acceptors (Lipinski definition) is 3. The van der Waals surface area contributed by atoms with E-state index in [-0.39, 0.29) is 12.5 Å². The number of carboxylic acids is 1. The maximum Gasteiger partial charge on any atom is 0.305 e. The molecule has 2 N–H and O–H groups in total. The van der Waals surface area contributed by atoms with Crippen LogP contribution >= 0.6 is 0 Å². The Kier molecular flexibility index (Phi) is 4.20. The molecule has 0 bridgehead atoms. The molecule has 0 aliphatic carbocycles. The van der Waals surface area contributed by atoms with Gasteiger partial charge in [-0.1, -0.05) is 18.2 Å². The number of carbonyl (C=O) groups is 1. The van der Waals surface area contributed by atoms with Gasteiger partial charge in [-0.25, -0.2) is 0 Å². The normalized spacial score (nSPS) is 24.6. The van der Waals surface area contributed by atoms with Crippen molar-refractivity contribution >= 4 is 11.7 Å². The smallest absolute Gasteiger partial charge is 0.305 e. The van der Waals surface area contributed by atoms with Crippen LogP contribution < -0.4 is 10.2 Å². The summed E-state index contributed by atoms with van der Waals surface area (Å²) < 4.78 is 0. The molecule has 1 fully saturated rings. The number of para-hydroxylation sites is 1. The van der Waals surface area contributed by atoms with E-state index in [9.17, 15) is 4.79 Å². The lowest BCUT2D eigenvalue weighted by Gasteiger charge is -2.30. The molecule has 4 nitrogen and oxygen atoms in total. The second-order valence-corrected chi connectivity index (χ2v) is 4.88. The van der Waals surface area contributed by atoms with Crippen molar-refractivity contribution in [2.45, 2.75) is 31.8 Å². The highest BCUT2D eigenvalue weighted by atomic mass is 16.4. The van der Waals surface area contributed by atoms with Crippen LogP contribution in [-0.4, -0.2) is 36.2 Å². The maximum atomic E-state index is 11.0. The average molecular weight is 248 g/mol. The molecular formula is C14H20N2O2. The summed E-state index contributed by atoms with van der Waals surface area (Å²) in [5.41, 5.74) is 1.11. The van der Waals surface area contributed by atoms with Gasteiger partial charge < -0.3 is 15.3 Å². The second kappa shape index (κ2) is 5.87. The van der Waals surface area contributed by atoms with Crippen molar-refractivity contribution in [1.29, 1.82) is 0 Å². The van der Waals surface area contributed by atoms with Gasteiger partial charge in [-0.05, 0) is 25.5 Å².